The van der Waals surface area contributed by atoms with Gasteiger partial charge < -0.3 is 6.15 Å². The fraction of sp³-hybridized carbons (Fsp3) is 0. The fourth-order valence-electron chi connectivity index (χ4n) is 0.385. The van der Waals surface area contributed by atoms with E-state index in [4.69, 9.17) is 0 Å². The predicted molar refractivity (Wildman–Crippen MR) is 34.2 cm³/mol. The van der Waals surface area contributed by atoms with Gasteiger partial charge in [0.15, 0.2) is 0 Å². The van der Waals surface area contributed by atoms with Crippen molar-refractivity contribution in [3.63, 3.8) is 0 Å². The molecule has 0 bridgehead atoms. The third kappa shape index (κ3) is 2.25. The van der Waals surface area contributed by atoms with Gasteiger partial charge in [0.25, 0.3) is 0 Å². The van der Waals surface area contributed by atoms with E-state index in [-0.39, 0.29) is 6.15 Å². The molecule has 0 radical (unpaired) electrons. The van der Waals surface area contributed by atoms with Gasteiger partial charge in [-0.05, 0) is 0 Å². The van der Waals surface area contributed by atoms with Crippen LogP contribution in [0.3, 0.4) is 0 Å². The monoisotopic (exact) mass is 111 g/mol. The minimum atomic E-state index is 0. The summed E-state index contributed by atoms with van der Waals surface area (Å²) in [5, 5.41) is 0. The second kappa shape index (κ2) is 3.71. The molecular formula is C5H9NSi. The van der Waals surface area contributed by atoms with Gasteiger partial charge in [-0.2, -0.15) is 0 Å². The predicted octanol–water partition coefficient (Wildman–Crippen LogP) is 0.919. The van der Waals surface area contributed by atoms with Crippen LogP contribution in [-0.2, 0) is 0 Å². The third-order valence-electron chi connectivity index (χ3n) is 0.667. The molecule has 0 spiro atoms. The summed E-state index contributed by atoms with van der Waals surface area (Å²) in [5.41, 5.74) is 4.42. The van der Waals surface area contributed by atoms with Gasteiger partial charge in [-0.3, -0.25) is 0 Å². The molecule has 0 amide bonds. The first-order chi connectivity index (χ1) is 3.00. The van der Waals surface area contributed by atoms with Crippen LogP contribution in [0.15, 0.2) is 29.6 Å². The Bertz CT molecular complexity index is 80.0. The van der Waals surface area contributed by atoms with Crippen LogP contribution in [0.25, 0.3) is 0 Å². The Hall–Kier alpha value is -0.473. The van der Waals surface area contributed by atoms with Crippen molar-refractivity contribution < 1.29 is 0 Å². The first kappa shape index (κ1) is 6.53. The molecule has 0 saturated carbocycles. The quantitative estimate of drug-likeness (QED) is 0.496. The minimum Gasteiger partial charge on any atom is -0.344 e. The van der Waals surface area contributed by atoms with Crippen molar-refractivity contribution in [1.82, 2.24) is 6.15 Å². The van der Waals surface area contributed by atoms with E-state index in [1.807, 2.05) is 0 Å². The summed E-state index contributed by atoms with van der Waals surface area (Å²) in [7, 11) is 0.513. The molecule has 3 N–H and O–H groups in total. The molecule has 1 nitrogen and oxygen atoms in total. The van der Waals surface area contributed by atoms with E-state index in [0.29, 0.717) is 9.12 Å². The largest absolute Gasteiger partial charge is 0.344 e. The second-order valence-corrected chi connectivity index (χ2v) is 2.31. The third-order valence-corrected chi connectivity index (χ3v) is 1.56. The highest BCUT2D eigenvalue weighted by atomic mass is 28.2. The van der Waals surface area contributed by atoms with E-state index in [9.17, 15) is 0 Å². The van der Waals surface area contributed by atoms with Crippen molar-refractivity contribution in [3.05, 3.63) is 29.6 Å². The molecule has 0 unspecified atom stereocenters. The molecule has 1 aromatic heterocycles. The van der Waals surface area contributed by atoms with Gasteiger partial charge >= 0.3 is 0 Å². The lowest BCUT2D eigenvalue weighted by Crippen LogP contribution is -1.60. The van der Waals surface area contributed by atoms with Crippen molar-refractivity contribution in [2.24, 2.45) is 0 Å². The van der Waals surface area contributed by atoms with Gasteiger partial charge in [0.1, 0.15) is 0 Å². The zero-order chi connectivity index (χ0) is 4.24. The van der Waals surface area contributed by atoms with E-state index in [1.165, 1.54) is 0 Å². The number of hydrogen-bond acceptors (Lipinski definition) is 1. The van der Waals surface area contributed by atoms with Crippen LogP contribution in [0.2, 0.25) is 0 Å². The molecule has 0 atom stereocenters. The zero-order valence-electron chi connectivity index (χ0n) is 4.17. The van der Waals surface area contributed by atoms with Crippen LogP contribution >= 0.6 is 0 Å². The molecule has 7 heavy (non-hydrogen) atoms. The highest BCUT2D eigenvalue weighted by Crippen LogP contribution is 1.73. The Balaban J connectivity index is 0.000000360. The molecule has 2 heteroatoms. The highest BCUT2D eigenvalue weighted by molar-refractivity contribution is 6.26. The first-order valence-corrected chi connectivity index (χ1v) is 3.33. The van der Waals surface area contributed by atoms with Gasteiger partial charge in [0.05, 0.1) is 0 Å². The van der Waals surface area contributed by atoms with Crippen LogP contribution in [-0.4, -0.2) is 9.12 Å². The maximum atomic E-state index is 2.21. The summed E-state index contributed by atoms with van der Waals surface area (Å²) in [6.45, 7) is 0. The lowest BCUT2D eigenvalue weighted by molar-refractivity contribution is 1.87. The van der Waals surface area contributed by atoms with Crippen LogP contribution in [0.1, 0.15) is 0 Å². The molecule has 0 aliphatic heterocycles. The minimum absolute atomic E-state index is 0. The molecule has 0 saturated heterocycles. The summed E-state index contributed by atoms with van der Waals surface area (Å²) < 4.78 is 0. The van der Waals surface area contributed by atoms with Crippen LogP contribution in [0, 0.1) is 0 Å². The van der Waals surface area contributed by atoms with Crippen molar-refractivity contribution in [2.75, 3.05) is 0 Å². The fourth-order valence-corrected chi connectivity index (χ4v) is 1.03. The van der Waals surface area contributed by atoms with Crippen LogP contribution < -0.4 is 6.15 Å². The molecule has 1 heterocycles. The van der Waals surface area contributed by atoms with Crippen molar-refractivity contribution >= 4 is 9.12 Å². The van der Waals surface area contributed by atoms with E-state index >= 15 is 0 Å². The number of hydrogen-bond donors (Lipinski definition) is 1. The molecule has 1 aromatic rings. The van der Waals surface area contributed by atoms with E-state index in [0.717, 1.165) is 0 Å². The highest BCUT2D eigenvalue weighted by Gasteiger charge is 1.58. The summed E-state index contributed by atoms with van der Waals surface area (Å²) in [6.07, 6.45) is 0. The van der Waals surface area contributed by atoms with Gasteiger partial charge in [0, 0.05) is 9.12 Å². The van der Waals surface area contributed by atoms with E-state index in [2.05, 4.69) is 29.6 Å². The van der Waals surface area contributed by atoms with Gasteiger partial charge in [-0.25, -0.2) is 0 Å². The van der Waals surface area contributed by atoms with Crippen molar-refractivity contribution in [2.45, 2.75) is 0 Å². The Morgan fingerprint density at radius 1 is 0.857 bits per heavy atom. The Morgan fingerprint density at radius 2 is 1.43 bits per heavy atom. The van der Waals surface area contributed by atoms with Gasteiger partial charge in [0.2, 0.25) is 0 Å². The number of rotatable bonds is 0. The molecule has 1 rings (SSSR count). The molecule has 0 aliphatic carbocycles. The van der Waals surface area contributed by atoms with Crippen molar-refractivity contribution in [1.29, 1.82) is 0 Å². The normalized spacial score (nSPS) is 6.86. The lowest BCUT2D eigenvalue weighted by Gasteiger charge is -1.69. The van der Waals surface area contributed by atoms with E-state index < -0.39 is 0 Å². The van der Waals surface area contributed by atoms with Gasteiger partial charge in [-0.1, -0.05) is 29.6 Å². The SMILES string of the molecule is N.c1cc[siH]cc1. The molecule has 0 fully saturated rings. The summed E-state index contributed by atoms with van der Waals surface area (Å²) in [5.74, 6) is 0. The summed E-state index contributed by atoms with van der Waals surface area (Å²) in [6, 6.07) is 6.24. The second-order valence-electron chi connectivity index (χ2n) is 1.15. The average Bonchev–Trinajstić information content (AvgIpc) is 1.72. The summed E-state index contributed by atoms with van der Waals surface area (Å²) in [4.78, 5) is 0. The maximum absolute atomic E-state index is 2.21. The summed E-state index contributed by atoms with van der Waals surface area (Å²) >= 11 is 0. The molecule has 0 aliphatic rings. The van der Waals surface area contributed by atoms with Crippen LogP contribution in [0.5, 0.6) is 0 Å². The molecule has 0 aromatic carbocycles. The standard InChI is InChI=1S/C5H6Si.H3N/c1-2-4-6-5-3-1;/h1-6H;1H3. The zero-order valence-corrected chi connectivity index (χ0v) is 5.33. The Morgan fingerprint density at radius 3 is 1.57 bits per heavy atom. The maximum Gasteiger partial charge on any atom is 0.0198 e. The molecule has 38 valence electrons. The smallest absolute Gasteiger partial charge is 0.0198 e. The average molecular weight is 111 g/mol. The Kier molecular flexibility index (Phi) is 3.46. The van der Waals surface area contributed by atoms with Gasteiger partial charge in [-0.15, -0.1) is 0 Å². The van der Waals surface area contributed by atoms with Crippen LogP contribution in [0.4, 0.5) is 0 Å². The molecular weight excluding hydrogens is 102 g/mol. The Labute approximate surface area is 45.7 Å². The van der Waals surface area contributed by atoms with Crippen molar-refractivity contribution in [3.8, 4) is 0 Å². The topological polar surface area (TPSA) is 35.0 Å². The first-order valence-electron chi connectivity index (χ1n) is 2.00. The van der Waals surface area contributed by atoms with E-state index in [1.54, 1.807) is 0 Å². The lowest BCUT2D eigenvalue weighted by atomic mass is 10.6.